The van der Waals surface area contributed by atoms with Gasteiger partial charge in [0.25, 0.3) is 0 Å². The van der Waals surface area contributed by atoms with Gasteiger partial charge in [-0.2, -0.15) is 0 Å². The van der Waals surface area contributed by atoms with Gasteiger partial charge in [0.15, 0.2) is 0 Å². The van der Waals surface area contributed by atoms with E-state index >= 15 is 0 Å². The Morgan fingerprint density at radius 1 is 1.20 bits per heavy atom. The molecule has 0 spiro atoms. The zero-order valence-corrected chi connectivity index (χ0v) is 13.6. The van der Waals surface area contributed by atoms with Gasteiger partial charge in [-0.3, -0.25) is 4.98 Å². The Morgan fingerprint density at radius 2 is 1.85 bits per heavy atom. The summed E-state index contributed by atoms with van der Waals surface area (Å²) in [5, 5.41) is 0. The molecule has 0 bridgehead atoms. The molecule has 1 unspecified atom stereocenters. The second-order valence-corrected chi connectivity index (χ2v) is 5.70. The number of nitrogens with zero attached hydrogens (tertiary/aromatic N) is 1. The van der Waals surface area contributed by atoms with Gasteiger partial charge < -0.3 is 10.5 Å². The van der Waals surface area contributed by atoms with Crippen molar-refractivity contribution in [1.29, 1.82) is 0 Å². The van der Waals surface area contributed by atoms with Gasteiger partial charge in [0.2, 0.25) is 0 Å². The minimum atomic E-state index is -0.0128. The minimum absolute atomic E-state index is 0.0128. The summed E-state index contributed by atoms with van der Waals surface area (Å²) in [5.41, 5.74) is 9.14. The Balaban J connectivity index is 2.18. The molecule has 0 saturated heterocycles. The van der Waals surface area contributed by atoms with Crippen molar-refractivity contribution in [2.45, 2.75) is 33.2 Å². The molecule has 1 atom stereocenters. The van der Waals surface area contributed by atoms with Gasteiger partial charge in [0.1, 0.15) is 11.5 Å². The highest BCUT2D eigenvalue weighted by Gasteiger charge is 2.07. The average molecular weight is 335 g/mol. The highest BCUT2D eigenvalue weighted by atomic mass is 79.9. The van der Waals surface area contributed by atoms with E-state index < -0.39 is 0 Å². The van der Waals surface area contributed by atoms with Crippen LogP contribution in [0.4, 0.5) is 0 Å². The number of hydrogen-bond donors (Lipinski definition) is 1. The lowest BCUT2D eigenvalue weighted by Crippen LogP contribution is -2.10. The quantitative estimate of drug-likeness (QED) is 0.884. The van der Waals surface area contributed by atoms with Gasteiger partial charge in [0.05, 0.1) is 11.9 Å². The lowest BCUT2D eigenvalue weighted by Gasteiger charge is -2.11. The van der Waals surface area contributed by atoms with Crippen LogP contribution < -0.4 is 10.5 Å². The molecule has 20 heavy (non-hydrogen) atoms. The predicted molar refractivity (Wildman–Crippen MR) is 85.1 cm³/mol. The van der Waals surface area contributed by atoms with Crippen LogP contribution >= 0.6 is 15.9 Å². The number of aryl methyl sites for hydroxylation is 2. The fraction of sp³-hybridized carbons (Fsp3) is 0.312. The molecule has 0 radical (unpaired) electrons. The molecule has 2 aromatic rings. The van der Waals surface area contributed by atoms with Crippen LogP contribution in [-0.4, -0.2) is 4.98 Å². The fourth-order valence-electron chi connectivity index (χ4n) is 1.98. The molecular weight excluding hydrogens is 316 g/mol. The summed E-state index contributed by atoms with van der Waals surface area (Å²) in [6.07, 6.45) is 2.59. The Bertz CT molecular complexity index is 573. The Morgan fingerprint density at radius 3 is 2.35 bits per heavy atom. The van der Waals surface area contributed by atoms with Crippen molar-refractivity contribution in [3.05, 3.63) is 51.8 Å². The summed E-state index contributed by atoms with van der Waals surface area (Å²) in [7, 11) is 0. The van der Waals surface area contributed by atoms with E-state index in [1.807, 2.05) is 45.0 Å². The number of rotatable bonds is 4. The molecule has 2 N–H and O–H groups in total. The molecule has 106 valence electrons. The first-order valence-electron chi connectivity index (χ1n) is 6.67. The highest BCUT2D eigenvalue weighted by molar-refractivity contribution is 9.10. The van der Waals surface area contributed by atoms with E-state index in [4.69, 9.17) is 10.5 Å². The summed E-state index contributed by atoms with van der Waals surface area (Å²) < 4.78 is 6.96. The molecule has 3 nitrogen and oxygen atoms in total. The summed E-state index contributed by atoms with van der Waals surface area (Å²) in [6.45, 7) is 6.14. The Kier molecular flexibility index (Phi) is 4.78. The smallest absolute Gasteiger partial charge is 0.145 e. The third-order valence-corrected chi connectivity index (χ3v) is 4.48. The van der Waals surface area contributed by atoms with Gasteiger partial charge in [-0.15, -0.1) is 0 Å². The molecule has 4 heteroatoms. The molecule has 0 fully saturated rings. The van der Waals surface area contributed by atoms with E-state index in [1.54, 1.807) is 6.20 Å². The first-order chi connectivity index (χ1) is 9.51. The van der Waals surface area contributed by atoms with Gasteiger partial charge in [0, 0.05) is 10.5 Å². The van der Waals surface area contributed by atoms with Crippen molar-refractivity contribution < 1.29 is 4.74 Å². The number of ether oxygens (including phenoxy) is 1. The predicted octanol–water partition coefficient (Wildman–Crippen LogP) is 4.66. The number of hydrogen-bond acceptors (Lipinski definition) is 3. The largest absolute Gasteiger partial charge is 0.456 e. The van der Waals surface area contributed by atoms with Crippen LogP contribution in [0, 0.1) is 13.8 Å². The number of nitrogens with two attached hydrogens (primary N) is 1. The van der Waals surface area contributed by atoms with Crippen molar-refractivity contribution in [3.63, 3.8) is 0 Å². The maximum atomic E-state index is 5.94. The number of aromatic nitrogens is 1. The standard InChI is InChI=1S/C16H19BrN2O/c1-4-14(18)15-6-5-12(9-19-15)20-13-7-10(2)16(17)11(3)8-13/h5-9,14H,4,18H2,1-3H3. The van der Waals surface area contributed by atoms with E-state index in [9.17, 15) is 0 Å². The minimum Gasteiger partial charge on any atom is -0.456 e. The van der Waals surface area contributed by atoms with Gasteiger partial charge in [-0.05, 0) is 55.7 Å². The van der Waals surface area contributed by atoms with Crippen molar-refractivity contribution in [2.75, 3.05) is 0 Å². The number of benzene rings is 1. The number of halogens is 1. The van der Waals surface area contributed by atoms with Gasteiger partial charge in [-0.25, -0.2) is 0 Å². The third kappa shape index (κ3) is 3.38. The normalized spacial score (nSPS) is 12.2. The van der Waals surface area contributed by atoms with Gasteiger partial charge >= 0.3 is 0 Å². The number of pyridine rings is 1. The lowest BCUT2D eigenvalue weighted by atomic mass is 10.1. The summed E-state index contributed by atoms with van der Waals surface area (Å²) in [5.74, 6) is 1.54. The second-order valence-electron chi connectivity index (χ2n) is 4.91. The maximum absolute atomic E-state index is 5.94. The summed E-state index contributed by atoms with van der Waals surface area (Å²) >= 11 is 3.55. The van der Waals surface area contributed by atoms with Gasteiger partial charge in [-0.1, -0.05) is 22.9 Å². The van der Waals surface area contributed by atoms with E-state index in [0.29, 0.717) is 0 Å². The van der Waals surface area contributed by atoms with Crippen molar-refractivity contribution in [2.24, 2.45) is 5.73 Å². The molecule has 1 heterocycles. The third-order valence-electron chi connectivity index (χ3n) is 3.22. The van der Waals surface area contributed by atoms with E-state index in [0.717, 1.165) is 39.2 Å². The molecule has 0 aliphatic carbocycles. The van der Waals surface area contributed by atoms with Crippen molar-refractivity contribution in [3.8, 4) is 11.5 Å². The Labute approximate surface area is 128 Å². The molecule has 0 amide bonds. The van der Waals surface area contributed by atoms with E-state index in [-0.39, 0.29) is 6.04 Å². The molecule has 1 aromatic heterocycles. The van der Waals surface area contributed by atoms with Crippen molar-refractivity contribution in [1.82, 2.24) is 4.98 Å². The SMILES string of the molecule is CCC(N)c1ccc(Oc2cc(C)c(Br)c(C)c2)cn1. The van der Waals surface area contributed by atoms with E-state index in [2.05, 4.69) is 20.9 Å². The van der Waals surface area contributed by atoms with Crippen LogP contribution in [0.25, 0.3) is 0 Å². The van der Waals surface area contributed by atoms with Crippen LogP contribution in [0.1, 0.15) is 36.2 Å². The topological polar surface area (TPSA) is 48.1 Å². The highest BCUT2D eigenvalue weighted by Crippen LogP contribution is 2.29. The molecule has 0 aliphatic heterocycles. The zero-order valence-electron chi connectivity index (χ0n) is 12.0. The van der Waals surface area contributed by atoms with Crippen LogP contribution in [0.15, 0.2) is 34.9 Å². The molecule has 0 saturated carbocycles. The van der Waals surface area contributed by atoms with Crippen LogP contribution in [-0.2, 0) is 0 Å². The summed E-state index contributed by atoms with van der Waals surface area (Å²) in [4.78, 5) is 4.35. The monoisotopic (exact) mass is 334 g/mol. The first kappa shape index (κ1) is 15.0. The Hall–Kier alpha value is -1.39. The molecular formula is C16H19BrN2O. The second kappa shape index (κ2) is 6.37. The molecule has 1 aromatic carbocycles. The average Bonchev–Trinajstić information content (AvgIpc) is 2.44. The van der Waals surface area contributed by atoms with Crippen LogP contribution in [0.2, 0.25) is 0 Å². The van der Waals surface area contributed by atoms with Crippen LogP contribution in [0.5, 0.6) is 11.5 Å². The molecule has 2 rings (SSSR count). The zero-order chi connectivity index (χ0) is 14.7. The van der Waals surface area contributed by atoms with Crippen LogP contribution in [0.3, 0.4) is 0 Å². The lowest BCUT2D eigenvalue weighted by molar-refractivity contribution is 0.478. The molecule has 0 aliphatic rings. The van der Waals surface area contributed by atoms with E-state index in [1.165, 1.54) is 0 Å². The summed E-state index contributed by atoms with van der Waals surface area (Å²) in [6, 6.07) is 7.82. The fourth-order valence-corrected chi connectivity index (χ4v) is 2.21. The van der Waals surface area contributed by atoms with Crippen molar-refractivity contribution >= 4 is 15.9 Å². The maximum Gasteiger partial charge on any atom is 0.145 e. The first-order valence-corrected chi connectivity index (χ1v) is 7.46.